The van der Waals surface area contributed by atoms with Crippen molar-refractivity contribution in [2.24, 2.45) is 0 Å². The number of anilines is 1. The van der Waals surface area contributed by atoms with Gasteiger partial charge >= 0.3 is 6.09 Å². The molecule has 0 aliphatic heterocycles. The van der Waals surface area contributed by atoms with Crippen LogP contribution in [0.15, 0.2) is 60.8 Å². The highest BCUT2D eigenvalue weighted by Crippen LogP contribution is 2.26. The van der Waals surface area contributed by atoms with Crippen molar-refractivity contribution in [3.8, 4) is 11.8 Å². The van der Waals surface area contributed by atoms with Crippen LogP contribution in [-0.4, -0.2) is 21.5 Å². The summed E-state index contributed by atoms with van der Waals surface area (Å²) in [6, 6.07) is 19.1. The van der Waals surface area contributed by atoms with Crippen molar-refractivity contribution in [2.75, 3.05) is 4.90 Å². The molecule has 0 radical (unpaired) electrons. The standard InChI is InChI=1S/C23H24N4O2/c1-17-21(15-25-27(17)20-11-6-5-7-12-20)26(22(28)29-23(2,3)4)16-19-10-8-9-18(13-19)14-24/h5-13,15H,16H2,1-4H3. The maximum absolute atomic E-state index is 13.0. The van der Waals surface area contributed by atoms with Gasteiger partial charge in [-0.1, -0.05) is 30.3 Å². The number of benzene rings is 2. The Labute approximate surface area is 170 Å². The van der Waals surface area contributed by atoms with Gasteiger partial charge in [-0.15, -0.1) is 0 Å². The second kappa shape index (κ2) is 8.19. The molecule has 6 nitrogen and oxygen atoms in total. The molecule has 29 heavy (non-hydrogen) atoms. The van der Waals surface area contributed by atoms with Gasteiger partial charge in [0.25, 0.3) is 0 Å². The molecule has 0 fully saturated rings. The molecule has 0 atom stereocenters. The van der Waals surface area contributed by atoms with Crippen molar-refractivity contribution < 1.29 is 9.53 Å². The van der Waals surface area contributed by atoms with Crippen LogP contribution in [-0.2, 0) is 11.3 Å². The van der Waals surface area contributed by atoms with Gasteiger partial charge in [0.2, 0.25) is 0 Å². The van der Waals surface area contributed by atoms with Crippen LogP contribution in [0, 0.1) is 18.3 Å². The number of rotatable bonds is 4. The third kappa shape index (κ3) is 4.82. The summed E-state index contributed by atoms with van der Waals surface area (Å²) in [4.78, 5) is 14.6. The number of ether oxygens (including phenoxy) is 1. The van der Waals surface area contributed by atoms with E-state index in [-0.39, 0.29) is 6.54 Å². The highest BCUT2D eigenvalue weighted by Gasteiger charge is 2.26. The first-order valence-corrected chi connectivity index (χ1v) is 9.38. The lowest BCUT2D eigenvalue weighted by atomic mass is 10.1. The van der Waals surface area contributed by atoms with Gasteiger partial charge in [-0.25, -0.2) is 9.48 Å². The Bertz CT molecular complexity index is 1040. The fourth-order valence-corrected chi connectivity index (χ4v) is 2.98. The summed E-state index contributed by atoms with van der Waals surface area (Å²) >= 11 is 0. The van der Waals surface area contributed by atoms with Crippen LogP contribution in [0.3, 0.4) is 0 Å². The van der Waals surface area contributed by atoms with E-state index in [1.807, 2.05) is 64.1 Å². The zero-order chi connectivity index (χ0) is 21.0. The fourth-order valence-electron chi connectivity index (χ4n) is 2.98. The topological polar surface area (TPSA) is 71.2 Å². The number of hydrogen-bond donors (Lipinski definition) is 0. The van der Waals surface area contributed by atoms with Gasteiger partial charge in [-0.05, 0) is 57.5 Å². The number of amides is 1. The second-order valence-electron chi connectivity index (χ2n) is 7.74. The Balaban J connectivity index is 2.00. The molecule has 3 aromatic rings. The Morgan fingerprint density at radius 3 is 2.55 bits per heavy atom. The lowest BCUT2D eigenvalue weighted by molar-refractivity contribution is 0.0577. The molecule has 0 aliphatic rings. The molecule has 6 heteroatoms. The quantitative estimate of drug-likeness (QED) is 0.631. The van der Waals surface area contributed by atoms with Crippen molar-refractivity contribution in [3.63, 3.8) is 0 Å². The summed E-state index contributed by atoms with van der Waals surface area (Å²) in [5, 5.41) is 13.7. The van der Waals surface area contributed by atoms with Crippen LogP contribution in [0.1, 0.15) is 37.6 Å². The van der Waals surface area contributed by atoms with Gasteiger partial charge in [0.1, 0.15) is 5.60 Å². The van der Waals surface area contributed by atoms with Crippen LogP contribution in [0.25, 0.3) is 5.69 Å². The first-order valence-electron chi connectivity index (χ1n) is 9.38. The highest BCUT2D eigenvalue weighted by molar-refractivity contribution is 5.88. The molecule has 1 heterocycles. The SMILES string of the molecule is Cc1c(N(Cc2cccc(C#N)c2)C(=O)OC(C)(C)C)cnn1-c1ccccc1. The number of nitriles is 1. The monoisotopic (exact) mass is 388 g/mol. The van der Waals surface area contributed by atoms with E-state index in [0.29, 0.717) is 11.3 Å². The first kappa shape index (κ1) is 20.2. The summed E-state index contributed by atoms with van der Waals surface area (Å²) in [7, 11) is 0. The third-order valence-corrected chi connectivity index (χ3v) is 4.29. The van der Waals surface area contributed by atoms with Gasteiger partial charge in [0.05, 0.1) is 41.4 Å². The fraction of sp³-hybridized carbons (Fsp3) is 0.261. The molecule has 0 N–H and O–H groups in total. The molecular weight excluding hydrogens is 364 g/mol. The molecule has 1 aromatic heterocycles. The van der Waals surface area contributed by atoms with Crippen molar-refractivity contribution in [2.45, 2.75) is 39.8 Å². The Hall–Kier alpha value is -3.59. The maximum atomic E-state index is 13.0. The molecule has 1 amide bonds. The molecule has 2 aromatic carbocycles. The molecule has 0 spiro atoms. The normalized spacial score (nSPS) is 11.0. The minimum absolute atomic E-state index is 0.270. The van der Waals surface area contributed by atoms with E-state index in [4.69, 9.17) is 4.74 Å². The zero-order valence-electron chi connectivity index (χ0n) is 17.1. The lowest BCUT2D eigenvalue weighted by Crippen LogP contribution is -2.36. The molecule has 3 rings (SSSR count). The minimum Gasteiger partial charge on any atom is -0.443 e. The zero-order valence-corrected chi connectivity index (χ0v) is 17.1. The molecule has 0 saturated heterocycles. The van der Waals surface area contributed by atoms with E-state index in [0.717, 1.165) is 16.9 Å². The van der Waals surface area contributed by atoms with E-state index >= 15 is 0 Å². The summed E-state index contributed by atoms with van der Waals surface area (Å²) in [6.07, 6.45) is 1.20. The first-order chi connectivity index (χ1) is 13.8. The van der Waals surface area contributed by atoms with Crippen molar-refractivity contribution >= 4 is 11.8 Å². The van der Waals surface area contributed by atoms with Crippen LogP contribution >= 0.6 is 0 Å². The summed E-state index contributed by atoms with van der Waals surface area (Å²) in [5.74, 6) is 0. The third-order valence-electron chi connectivity index (χ3n) is 4.29. The molecule has 148 valence electrons. The number of nitrogens with zero attached hydrogens (tertiary/aromatic N) is 4. The minimum atomic E-state index is -0.632. The number of para-hydroxylation sites is 1. The maximum Gasteiger partial charge on any atom is 0.415 e. The Kier molecular flexibility index (Phi) is 5.69. The van der Waals surface area contributed by atoms with Crippen LogP contribution in [0.4, 0.5) is 10.5 Å². The van der Waals surface area contributed by atoms with Gasteiger partial charge in [-0.3, -0.25) is 4.90 Å². The summed E-state index contributed by atoms with van der Waals surface area (Å²) in [5.41, 5.74) is 3.13. The van der Waals surface area contributed by atoms with Gasteiger partial charge in [0, 0.05) is 0 Å². The summed E-state index contributed by atoms with van der Waals surface area (Å²) < 4.78 is 7.43. The number of hydrogen-bond acceptors (Lipinski definition) is 4. The van der Waals surface area contributed by atoms with Gasteiger partial charge < -0.3 is 4.74 Å². The van der Waals surface area contributed by atoms with E-state index in [9.17, 15) is 10.1 Å². The van der Waals surface area contributed by atoms with Crippen LogP contribution in [0.5, 0.6) is 0 Å². The second-order valence-corrected chi connectivity index (χ2v) is 7.74. The molecule has 0 saturated carbocycles. The predicted molar refractivity (Wildman–Crippen MR) is 112 cm³/mol. The Morgan fingerprint density at radius 1 is 1.17 bits per heavy atom. The smallest absolute Gasteiger partial charge is 0.415 e. The number of aromatic nitrogens is 2. The van der Waals surface area contributed by atoms with Crippen LogP contribution < -0.4 is 4.90 Å². The summed E-state index contributed by atoms with van der Waals surface area (Å²) in [6.45, 7) is 7.68. The van der Waals surface area contributed by atoms with Gasteiger partial charge in [0.15, 0.2) is 0 Å². The molecule has 0 unspecified atom stereocenters. The lowest BCUT2D eigenvalue weighted by Gasteiger charge is -2.27. The number of carbonyl (C=O) groups is 1. The molecular formula is C23H24N4O2. The van der Waals surface area contributed by atoms with Crippen molar-refractivity contribution in [1.82, 2.24) is 9.78 Å². The van der Waals surface area contributed by atoms with Crippen LogP contribution in [0.2, 0.25) is 0 Å². The largest absolute Gasteiger partial charge is 0.443 e. The van der Waals surface area contributed by atoms with E-state index in [1.165, 1.54) is 0 Å². The van der Waals surface area contributed by atoms with E-state index in [1.54, 1.807) is 34.0 Å². The average Bonchev–Trinajstić information content (AvgIpc) is 3.06. The average molecular weight is 388 g/mol. The Morgan fingerprint density at radius 2 is 1.90 bits per heavy atom. The van der Waals surface area contributed by atoms with Gasteiger partial charge in [-0.2, -0.15) is 10.4 Å². The van der Waals surface area contributed by atoms with E-state index < -0.39 is 11.7 Å². The van der Waals surface area contributed by atoms with Crippen molar-refractivity contribution in [1.29, 1.82) is 5.26 Å². The molecule has 0 aliphatic carbocycles. The molecule has 0 bridgehead atoms. The van der Waals surface area contributed by atoms with E-state index in [2.05, 4.69) is 11.2 Å². The predicted octanol–water partition coefficient (Wildman–Crippen LogP) is 4.99. The highest BCUT2D eigenvalue weighted by atomic mass is 16.6. The number of carbonyl (C=O) groups excluding carboxylic acids is 1. The van der Waals surface area contributed by atoms with Crippen molar-refractivity contribution in [3.05, 3.63) is 77.6 Å².